The van der Waals surface area contributed by atoms with E-state index in [9.17, 15) is 5.11 Å². The minimum absolute atomic E-state index is 0.0997. The van der Waals surface area contributed by atoms with Crippen LogP contribution in [0.5, 0.6) is 0 Å². The first-order chi connectivity index (χ1) is 12.9. The number of aliphatic hydroxyl groups is 2. The van der Waals surface area contributed by atoms with Crippen LogP contribution in [0, 0.1) is 34.5 Å². The molecule has 7 unspecified atom stereocenters. The van der Waals surface area contributed by atoms with Crippen LogP contribution in [-0.4, -0.2) is 22.9 Å². The fourth-order valence-electron chi connectivity index (χ4n) is 7.95. The number of unbranched alkanes of at least 4 members (excludes halogenated alkanes) is 1. The van der Waals surface area contributed by atoms with Crippen LogP contribution in [0.3, 0.4) is 0 Å². The van der Waals surface area contributed by atoms with Crippen molar-refractivity contribution < 1.29 is 10.2 Å². The van der Waals surface area contributed by atoms with Gasteiger partial charge in [0.25, 0.3) is 0 Å². The molecule has 0 amide bonds. The lowest BCUT2D eigenvalue weighted by molar-refractivity contribution is -0.0454. The second-order valence-electron chi connectivity index (χ2n) is 10.6. The van der Waals surface area contributed by atoms with Gasteiger partial charge < -0.3 is 10.2 Å². The van der Waals surface area contributed by atoms with Gasteiger partial charge in [-0.3, -0.25) is 0 Å². The lowest BCUT2D eigenvalue weighted by atomic mass is 9.47. The third-order valence-corrected chi connectivity index (χ3v) is 9.46. The van der Waals surface area contributed by atoms with Crippen molar-refractivity contribution in [2.75, 3.05) is 6.61 Å². The maximum absolute atomic E-state index is 10.2. The molecule has 152 valence electrons. The summed E-state index contributed by atoms with van der Waals surface area (Å²) in [5, 5.41) is 19.3. The van der Waals surface area contributed by atoms with E-state index in [0.717, 1.165) is 49.4 Å². The van der Waals surface area contributed by atoms with Crippen molar-refractivity contribution in [3.8, 4) is 0 Å². The van der Waals surface area contributed by atoms with Crippen LogP contribution in [0.15, 0.2) is 23.3 Å². The quantitative estimate of drug-likeness (QED) is 0.495. The molecule has 0 bridgehead atoms. The van der Waals surface area contributed by atoms with E-state index in [0.29, 0.717) is 17.4 Å². The molecule has 2 heteroatoms. The van der Waals surface area contributed by atoms with Crippen LogP contribution in [0.1, 0.15) is 85.0 Å². The maximum atomic E-state index is 10.2. The van der Waals surface area contributed by atoms with Crippen LogP contribution >= 0.6 is 0 Å². The Kier molecular flexibility index (Phi) is 5.35. The first-order valence-corrected chi connectivity index (χ1v) is 11.5. The molecule has 0 aliphatic heterocycles. The molecule has 0 aromatic heterocycles. The van der Waals surface area contributed by atoms with Gasteiger partial charge in [-0.15, -0.1) is 0 Å². The molecule has 2 N–H and O–H groups in total. The van der Waals surface area contributed by atoms with Gasteiger partial charge in [0.2, 0.25) is 0 Å². The van der Waals surface area contributed by atoms with Gasteiger partial charge >= 0.3 is 0 Å². The third-order valence-electron chi connectivity index (χ3n) is 9.46. The molecule has 4 aliphatic carbocycles. The minimum atomic E-state index is -0.0997. The van der Waals surface area contributed by atoms with Crippen LogP contribution in [0.4, 0.5) is 0 Å². The molecule has 4 rings (SSSR count). The summed E-state index contributed by atoms with van der Waals surface area (Å²) < 4.78 is 0. The van der Waals surface area contributed by atoms with Gasteiger partial charge in [-0.1, -0.05) is 37.1 Å². The van der Waals surface area contributed by atoms with Crippen LogP contribution in [0.2, 0.25) is 0 Å². The van der Waals surface area contributed by atoms with Gasteiger partial charge in [-0.2, -0.15) is 0 Å². The summed E-state index contributed by atoms with van der Waals surface area (Å²) in [5.74, 6) is 3.29. The lowest BCUT2D eigenvalue weighted by Gasteiger charge is -2.58. The number of hydrogen-bond donors (Lipinski definition) is 2. The molecule has 7 atom stereocenters. The molecule has 0 radical (unpaired) electrons. The standard InChI is InChI=1S/C25H40O2/c1-17(6-4-5-15-26)21-9-10-22-20-8-7-18-16-19(27)11-13-24(18,2)23(20)12-14-25(21,22)3/h6-7,19-23,26-27H,4-5,8-16H2,1-3H3/b17-6+. The van der Waals surface area contributed by atoms with Gasteiger partial charge in [0.15, 0.2) is 0 Å². The molecule has 27 heavy (non-hydrogen) atoms. The number of rotatable bonds is 4. The summed E-state index contributed by atoms with van der Waals surface area (Å²) in [6, 6.07) is 0. The van der Waals surface area contributed by atoms with E-state index < -0.39 is 0 Å². The Hall–Kier alpha value is -0.600. The zero-order valence-electron chi connectivity index (χ0n) is 17.7. The summed E-state index contributed by atoms with van der Waals surface area (Å²) in [5.41, 5.74) is 4.00. The summed E-state index contributed by atoms with van der Waals surface area (Å²) in [6.45, 7) is 7.78. The Bertz CT molecular complexity index is 620. The first kappa shape index (κ1) is 19.7. The Morgan fingerprint density at radius 3 is 2.74 bits per heavy atom. The lowest BCUT2D eigenvalue weighted by Crippen LogP contribution is -2.50. The molecule has 0 aromatic carbocycles. The van der Waals surface area contributed by atoms with Crippen molar-refractivity contribution >= 4 is 0 Å². The van der Waals surface area contributed by atoms with Crippen LogP contribution in [-0.2, 0) is 0 Å². The highest BCUT2D eigenvalue weighted by Gasteiger charge is 2.58. The molecule has 0 spiro atoms. The topological polar surface area (TPSA) is 40.5 Å². The van der Waals surface area contributed by atoms with Gasteiger partial charge in [0.1, 0.15) is 0 Å². The van der Waals surface area contributed by atoms with Crippen molar-refractivity contribution in [1.82, 2.24) is 0 Å². The highest BCUT2D eigenvalue weighted by Crippen LogP contribution is 2.67. The Morgan fingerprint density at radius 1 is 1.15 bits per heavy atom. The molecule has 4 aliphatic rings. The van der Waals surface area contributed by atoms with E-state index in [1.165, 1.54) is 38.5 Å². The number of fused-ring (bicyclic) bond motifs is 5. The minimum Gasteiger partial charge on any atom is -0.396 e. The highest BCUT2D eigenvalue weighted by molar-refractivity contribution is 5.26. The number of aliphatic hydroxyl groups excluding tert-OH is 2. The maximum Gasteiger partial charge on any atom is 0.0577 e. The molecule has 0 aromatic rings. The first-order valence-electron chi connectivity index (χ1n) is 11.5. The Morgan fingerprint density at radius 2 is 1.96 bits per heavy atom. The van der Waals surface area contributed by atoms with E-state index in [2.05, 4.69) is 32.9 Å². The fraction of sp³-hybridized carbons (Fsp3) is 0.840. The summed E-state index contributed by atoms with van der Waals surface area (Å²) in [7, 11) is 0. The molecule has 3 fully saturated rings. The van der Waals surface area contributed by atoms with Crippen molar-refractivity contribution in [2.24, 2.45) is 34.5 Å². The Labute approximate surface area is 166 Å². The average molecular weight is 373 g/mol. The molecular formula is C25H40O2. The third kappa shape index (κ3) is 3.15. The van der Waals surface area contributed by atoms with Crippen molar-refractivity contribution in [3.05, 3.63) is 23.3 Å². The summed E-state index contributed by atoms with van der Waals surface area (Å²) in [4.78, 5) is 0. The van der Waals surface area contributed by atoms with Gasteiger partial charge in [-0.05, 0) is 106 Å². The van der Waals surface area contributed by atoms with E-state index in [-0.39, 0.29) is 6.10 Å². The van der Waals surface area contributed by atoms with Crippen molar-refractivity contribution in [2.45, 2.75) is 91.1 Å². The zero-order valence-corrected chi connectivity index (χ0v) is 17.7. The van der Waals surface area contributed by atoms with E-state index in [1.807, 2.05) is 0 Å². The molecular weight excluding hydrogens is 332 g/mol. The molecule has 2 nitrogen and oxygen atoms in total. The predicted octanol–water partition coefficient (Wildman–Crippen LogP) is 5.65. The number of allylic oxidation sites excluding steroid dienone is 3. The highest BCUT2D eigenvalue weighted by atomic mass is 16.3. The van der Waals surface area contributed by atoms with Gasteiger partial charge in [0, 0.05) is 6.61 Å². The van der Waals surface area contributed by atoms with Crippen LogP contribution in [0.25, 0.3) is 0 Å². The normalized spacial score (nSPS) is 47.1. The summed E-state index contributed by atoms with van der Waals surface area (Å²) in [6.07, 6.45) is 16.7. The summed E-state index contributed by atoms with van der Waals surface area (Å²) >= 11 is 0. The average Bonchev–Trinajstić information content (AvgIpc) is 3.00. The Balaban J connectivity index is 1.56. The number of hydrogen-bond acceptors (Lipinski definition) is 2. The second kappa shape index (κ2) is 7.34. The molecule has 3 saturated carbocycles. The van der Waals surface area contributed by atoms with Gasteiger partial charge in [0.05, 0.1) is 6.10 Å². The van der Waals surface area contributed by atoms with Gasteiger partial charge in [-0.25, -0.2) is 0 Å². The SMILES string of the molecule is C/C(=C\CCCO)C1CCC2C3CC=C4CC(O)CCC4(C)C3CCC12C. The van der Waals surface area contributed by atoms with Crippen molar-refractivity contribution in [1.29, 1.82) is 0 Å². The second-order valence-corrected chi connectivity index (χ2v) is 10.6. The van der Waals surface area contributed by atoms with Crippen LogP contribution < -0.4 is 0 Å². The van der Waals surface area contributed by atoms with Crippen molar-refractivity contribution in [3.63, 3.8) is 0 Å². The van der Waals surface area contributed by atoms with E-state index >= 15 is 0 Å². The fourth-order valence-corrected chi connectivity index (χ4v) is 7.95. The van der Waals surface area contributed by atoms with E-state index in [1.54, 1.807) is 11.1 Å². The smallest absolute Gasteiger partial charge is 0.0577 e. The predicted molar refractivity (Wildman–Crippen MR) is 111 cm³/mol. The largest absolute Gasteiger partial charge is 0.396 e. The monoisotopic (exact) mass is 372 g/mol. The molecule has 0 heterocycles. The van der Waals surface area contributed by atoms with E-state index in [4.69, 9.17) is 5.11 Å². The zero-order chi connectivity index (χ0) is 19.2. The molecule has 0 saturated heterocycles.